The maximum absolute atomic E-state index is 13.6. The van der Waals surface area contributed by atoms with Crippen molar-refractivity contribution in [3.05, 3.63) is 95.6 Å². The molecule has 1 aliphatic heterocycles. The molecule has 4 N–H and O–H groups in total. The van der Waals surface area contributed by atoms with Crippen LogP contribution in [0.25, 0.3) is 16.7 Å². The molecular weight excluding hydrogens is 700 g/mol. The van der Waals surface area contributed by atoms with Crippen LogP contribution in [-0.2, 0) is 19.7 Å². The summed E-state index contributed by atoms with van der Waals surface area (Å²) in [5, 5.41) is 43.5. The number of esters is 2. The molecule has 0 aliphatic carbocycles. The first-order valence-corrected chi connectivity index (χ1v) is 16.5. The quantitative estimate of drug-likeness (QED) is 0.0948. The Morgan fingerprint density at radius 3 is 2.20 bits per heavy atom. The van der Waals surface area contributed by atoms with Crippen LogP contribution in [0, 0.1) is 0 Å². The molecule has 280 valence electrons. The topological polar surface area (TPSA) is 198 Å². The minimum atomic E-state index is -1.38. The third kappa shape index (κ3) is 7.08. The second kappa shape index (κ2) is 14.2. The fraction of sp³-hybridized carbons (Fsp3) is 0.237. The molecule has 16 nitrogen and oxygen atoms in total. The molecule has 1 aliphatic rings. The fourth-order valence-electron chi connectivity index (χ4n) is 5.69. The molecule has 5 aromatic rings. The maximum Gasteiger partial charge on any atom is 0.338 e. The molecule has 1 aromatic heterocycles. The number of hydrogen-bond acceptors (Lipinski definition) is 14. The highest BCUT2D eigenvalue weighted by molar-refractivity contribution is 5.95. The number of rotatable bonds is 11. The van der Waals surface area contributed by atoms with Gasteiger partial charge in [-0.05, 0) is 66.9 Å². The highest BCUT2D eigenvalue weighted by Gasteiger charge is 2.38. The number of aromatic hydroxyl groups is 2. The zero-order chi connectivity index (χ0) is 39.1. The molecule has 0 radical (unpaired) electrons. The summed E-state index contributed by atoms with van der Waals surface area (Å²) >= 11 is 0. The van der Waals surface area contributed by atoms with Crippen molar-refractivity contribution >= 4 is 46.0 Å². The van der Waals surface area contributed by atoms with Gasteiger partial charge < -0.3 is 34.3 Å². The minimum absolute atomic E-state index is 0.0212. The average Bonchev–Trinajstić information content (AvgIpc) is 3.74. The number of fused-ring (bicyclic) bond motifs is 2. The van der Waals surface area contributed by atoms with E-state index in [-0.39, 0.29) is 45.3 Å². The first-order valence-electron chi connectivity index (χ1n) is 16.5. The highest BCUT2D eigenvalue weighted by Crippen LogP contribution is 2.43. The van der Waals surface area contributed by atoms with Crippen molar-refractivity contribution in [1.29, 1.82) is 0 Å². The van der Waals surface area contributed by atoms with Gasteiger partial charge >= 0.3 is 17.9 Å². The standard InChI is InChI=1S/C38H38N6O10/c1-20(2)36(49)54-33(42-29-12-9-21(35(47)48)14-28(29)41-44(42)30-17-23(51-6)10-13-32(30)45)19-53-37(50)22-8-11-26-27(15-22)40-43(39-26)31-18-24(52-7)16-25(34(31)46)38(3,4)5/h8-18,33,41,45-46H,1,19H2,2-7H3,(H,47,48). The normalized spacial score (nSPS) is 12.9. The highest BCUT2D eigenvalue weighted by atomic mass is 16.6. The number of benzene rings is 4. The maximum atomic E-state index is 13.6. The van der Waals surface area contributed by atoms with Crippen molar-refractivity contribution in [3.63, 3.8) is 0 Å². The van der Waals surface area contributed by atoms with E-state index in [0.29, 0.717) is 33.8 Å². The number of ether oxygens (including phenoxy) is 4. The van der Waals surface area contributed by atoms with E-state index >= 15 is 0 Å². The predicted octanol–water partition coefficient (Wildman–Crippen LogP) is 5.72. The van der Waals surface area contributed by atoms with E-state index in [9.17, 15) is 29.7 Å². The van der Waals surface area contributed by atoms with E-state index in [1.54, 1.807) is 18.2 Å². The van der Waals surface area contributed by atoms with Gasteiger partial charge in [0.25, 0.3) is 0 Å². The molecule has 1 atom stereocenters. The molecule has 1 unspecified atom stereocenters. The van der Waals surface area contributed by atoms with Crippen LogP contribution in [0.15, 0.2) is 78.9 Å². The smallest absolute Gasteiger partial charge is 0.338 e. The zero-order valence-corrected chi connectivity index (χ0v) is 30.3. The number of aromatic carboxylic acids is 1. The van der Waals surface area contributed by atoms with Gasteiger partial charge in [0.15, 0.2) is 0 Å². The molecule has 16 heteroatoms. The van der Waals surface area contributed by atoms with Crippen LogP contribution < -0.4 is 25.0 Å². The first-order chi connectivity index (χ1) is 25.6. The number of anilines is 3. The molecule has 54 heavy (non-hydrogen) atoms. The van der Waals surface area contributed by atoms with Crippen molar-refractivity contribution in [3.8, 4) is 28.7 Å². The minimum Gasteiger partial charge on any atom is -0.506 e. The number of methoxy groups -OCH3 is 2. The molecule has 0 saturated heterocycles. The van der Waals surface area contributed by atoms with Crippen LogP contribution in [0.2, 0.25) is 0 Å². The third-order valence-electron chi connectivity index (χ3n) is 8.50. The Hall–Kier alpha value is -6.97. The van der Waals surface area contributed by atoms with Crippen LogP contribution in [0.5, 0.6) is 23.0 Å². The first kappa shape index (κ1) is 36.8. The van der Waals surface area contributed by atoms with Crippen molar-refractivity contribution in [2.45, 2.75) is 39.3 Å². The Morgan fingerprint density at radius 2 is 1.54 bits per heavy atom. The van der Waals surface area contributed by atoms with E-state index in [1.165, 1.54) is 84.6 Å². The summed E-state index contributed by atoms with van der Waals surface area (Å²) in [5.41, 5.74) is 5.12. The van der Waals surface area contributed by atoms with Crippen molar-refractivity contribution < 1.29 is 48.7 Å². The Balaban J connectivity index is 1.33. The summed E-state index contributed by atoms with van der Waals surface area (Å²) in [5.74, 6) is -2.15. The SMILES string of the molecule is C=C(C)C(=O)OC(COC(=O)c1ccc2nn(-c3cc(OC)cc(C(C)(C)C)c3O)nc2c1)N1c2ccc(C(=O)O)cc2NN1c1cc(OC)ccc1O. The lowest BCUT2D eigenvalue weighted by Gasteiger charge is -2.36. The monoisotopic (exact) mass is 738 g/mol. The van der Waals surface area contributed by atoms with Crippen LogP contribution in [0.4, 0.5) is 17.1 Å². The van der Waals surface area contributed by atoms with Crippen LogP contribution >= 0.6 is 0 Å². The van der Waals surface area contributed by atoms with Crippen molar-refractivity contribution in [2.24, 2.45) is 0 Å². The largest absolute Gasteiger partial charge is 0.506 e. The molecule has 0 spiro atoms. The number of carboxylic acid groups (broad SMARTS) is 1. The van der Waals surface area contributed by atoms with E-state index in [0.717, 1.165) is 0 Å². The Bertz CT molecular complexity index is 2310. The number of phenols is 2. The van der Waals surface area contributed by atoms with Gasteiger partial charge in [-0.2, -0.15) is 5.12 Å². The molecule has 0 amide bonds. The summed E-state index contributed by atoms with van der Waals surface area (Å²) in [7, 11) is 2.96. The number of aromatic nitrogens is 3. The molecular formula is C38H38N6O10. The van der Waals surface area contributed by atoms with Gasteiger partial charge in [0, 0.05) is 23.3 Å². The summed E-state index contributed by atoms with van der Waals surface area (Å²) in [6.45, 7) is 10.4. The molecule has 4 aromatic carbocycles. The number of nitrogens with one attached hydrogen (secondary N) is 1. The van der Waals surface area contributed by atoms with E-state index in [2.05, 4.69) is 22.2 Å². The number of carbonyl (C=O) groups is 3. The van der Waals surface area contributed by atoms with Gasteiger partial charge in [-0.25, -0.2) is 19.4 Å². The van der Waals surface area contributed by atoms with E-state index < -0.39 is 36.2 Å². The Morgan fingerprint density at radius 1 is 0.852 bits per heavy atom. The van der Waals surface area contributed by atoms with Gasteiger partial charge in [-0.15, -0.1) is 15.0 Å². The fourth-order valence-corrected chi connectivity index (χ4v) is 5.69. The summed E-state index contributed by atoms with van der Waals surface area (Å²) in [6, 6.07) is 16.5. The number of carboxylic acids is 1. The predicted molar refractivity (Wildman–Crippen MR) is 197 cm³/mol. The molecule has 6 rings (SSSR count). The van der Waals surface area contributed by atoms with E-state index in [4.69, 9.17) is 18.9 Å². The number of nitrogens with zero attached hydrogens (tertiary/aromatic N) is 5. The lowest BCUT2D eigenvalue weighted by Crippen LogP contribution is -2.52. The Labute approximate surface area is 309 Å². The van der Waals surface area contributed by atoms with Crippen molar-refractivity contribution in [1.82, 2.24) is 15.0 Å². The zero-order valence-electron chi connectivity index (χ0n) is 30.3. The second-order valence-electron chi connectivity index (χ2n) is 13.4. The van der Waals surface area contributed by atoms with E-state index in [1.807, 2.05) is 20.8 Å². The molecule has 0 saturated carbocycles. The van der Waals surface area contributed by atoms with Crippen LogP contribution in [-0.4, -0.2) is 75.3 Å². The molecule has 0 bridgehead atoms. The van der Waals surface area contributed by atoms with Gasteiger partial charge in [0.1, 0.15) is 52.0 Å². The second-order valence-corrected chi connectivity index (χ2v) is 13.4. The third-order valence-corrected chi connectivity index (χ3v) is 8.50. The Kier molecular flexibility index (Phi) is 9.69. The van der Waals surface area contributed by atoms with Gasteiger partial charge in [-0.3, -0.25) is 5.43 Å². The molecule has 0 fully saturated rings. The summed E-state index contributed by atoms with van der Waals surface area (Å²) in [4.78, 5) is 39.6. The van der Waals surface area contributed by atoms with Gasteiger partial charge in [-0.1, -0.05) is 27.4 Å². The average molecular weight is 739 g/mol. The summed E-state index contributed by atoms with van der Waals surface area (Å²) in [6.07, 6.45) is -1.38. The van der Waals surface area contributed by atoms with Crippen molar-refractivity contribution in [2.75, 3.05) is 36.4 Å². The van der Waals surface area contributed by atoms with Gasteiger partial charge in [0.2, 0.25) is 6.23 Å². The number of hydrogen-bond donors (Lipinski definition) is 4. The lowest BCUT2D eigenvalue weighted by molar-refractivity contribution is -0.146. The van der Waals surface area contributed by atoms with Crippen LogP contribution in [0.3, 0.4) is 0 Å². The number of phenolic OH excluding ortho intramolecular Hbond substituents is 2. The number of carbonyl (C=O) groups excluding carboxylic acids is 2. The lowest BCUT2D eigenvalue weighted by atomic mass is 9.86. The summed E-state index contributed by atoms with van der Waals surface area (Å²) < 4.78 is 22.3. The van der Waals surface area contributed by atoms with Gasteiger partial charge in [0.05, 0.1) is 36.7 Å². The van der Waals surface area contributed by atoms with Crippen LogP contribution in [0.1, 0.15) is 54.0 Å². The molecule has 2 heterocycles. The number of hydrazine groups is 2.